The van der Waals surface area contributed by atoms with Crippen LogP contribution in [-0.2, 0) is 14.9 Å². The normalized spacial score (nSPS) is 13.9. The van der Waals surface area contributed by atoms with Crippen LogP contribution in [0, 0.1) is 12.7 Å². The van der Waals surface area contributed by atoms with Gasteiger partial charge in [-0.3, -0.25) is 14.4 Å². The van der Waals surface area contributed by atoms with Gasteiger partial charge in [0.25, 0.3) is 0 Å². The summed E-state index contributed by atoms with van der Waals surface area (Å²) in [6, 6.07) is 9.60. The summed E-state index contributed by atoms with van der Waals surface area (Å²) in [7, 11) is -2.52. The minimum atomic E-state index is -4.10. The predicted molar refractivity (Wildman–Crippen MR) is 150 cm³/mol. The fraction of sp³-hybridized carbons (Fsp3) is 0.333. The third kappa shape index (κ3) is 8.27. The highest BCUT2D eigenvalue weighted by atomic mass is 32.2. The molecule has 1 saturated heterocycles. The Hall–Kier alpha value is -3.98. The average molecular weight is 590 g/mol. The summed E-state index contributed by atoms with van der Waals surface area (Å²) in [5, 5.41) is 0.418. The van der Waals surface area contributed by atoms with E-state index >= 15 is 0 Å². The largest absolute Gasteiger partial charge is 0.493 e. The molecule has 0 atom stereocenters. The number of hydrogen-bond donors (Lipinski definition) is 3. The van der Waals surface area contributed by atoms with E-state index < -0.39 is 15.9 Å². The number of aromatic amines is 1. The standard InChI is InChI=1S/C23H26FN3O4.C4H6N2O3S/c1-28-22-14-17-19(15-23(22)30-10-2-7-27-8-11-29-12-9-27)26-6-5-20(17)31-21-4-3-16(25)13-18(21)24;1-3-5-2-4(6-3)10(7,8)9/h3-6,13-15H,2,7-12,25H2,1H3;2H,1H3,(H,5,6)(H,7,8,9). The SMILES string of the molecule is COc1cc2c(Oc3ccc(N)cc3F)ccnc2cc1OCCCN1CCOCC1.Cc1ncc(S(=O)(=O)O)[nH]1. The van der Waals surface area contributed by atoms with E-state index in [1.807, 2.05) is 6.07 Å². The molecule has 4 N–H and O–H groups in total. The number of H-pyrrole nitrogens is 1. The number of nitrogens with one attached hydrogen (secondary N) is 1. The fourth-order valence-corrected chi connectivity index (χ4v) is 4.50. The molecule has 0 unspecified atom stereocenters. The Morgan fingerprint density at radius 3 is 2.51 bits per heavy atom. The summed E-state index contributed by atoms with van der Waals surface area (Å²) in [4.78, 5) is 12.7. The number of morpholine rings is 1. The second-order valence-corrected chi connectivity index (χ2v) is 10.5. The third-order valence-corrected chi connectivity index (χ3v) is 6.86. The van der Waals surface area contributed by atoms with Gasteiger partial charge in [-0.25, -0.2) is 9.37 Å². The molecule has 5 rings (SSSR count). The zero-order valence-electron chi connectivity index (χ0n) is 22.7. The third-order valence-electron chi connectivity index (χ3n) is 6.10. The van der Waals surface area contributed by atoms with Crippen molar-refractivity contribution in [3.05, 3.63) is 60.4 Å². The number of imidazole rings is 1. The lowest BCUT2D eigenvalue weighted by Gasteiger charge is -2.26. The highest BCUT2D eigenvalue weighted by molar-refractivity contribution is 7.85. The van der Waals surface area contributed by atoms with Gasteiger partial charge in [0.05, 0.1) is 38.6 Å². The van der Waals surface area contributed by atoms with Crippen molar-refractivity contribution in [2.45, 2.75) is 18.4 Å². The lowest BCUT2D eigenvalue weighted by Crippen LogP contribution is -2.37. The Balaban J connectivity index is 0.000000328. The molecule has 0 aliphatic carbocycles. The van der Waals surface area contributed by atoms with E-state index in [4.69, 9.17) is 29.2 Å². The highest BCUT2D eigenvalue weighted by Crippen LogP contribution is 2.37. The number of aryl methyl sites for hydroxylation is 1. The van der Waals surface area contributed by atoms with Crippen LogP contribution in [0.3, 0.4) is 0 Å². The molecule has 1 aliphatic rings. The predicted octanol–water partition coefficient (Wildman–Crippen LogP) is 3.82. The van der Waals surface area contributed by atoms with Gasteiger partial charge in [-0.05, 0) is 37.6 Å². The Kier molecular flexibility index (Phi) is 9.94. The number of pyridine rings is 1. The van der Waals surface area contributed by atoms with Crippen molar-refractivity contribution in [2.75, 3.05) is 52.3 Å². The van der Waals surface area contributed by atoms with Gasteiger partial charge in [0.15, 0.2) is 28.1 Å². The minimum absolute atomic E-state index is 0.0871. The first-order valence-electron chi connectivity index (χ1n) is 12.8. The molecule has 2 aromatic heterocycles. The van der Waals surface area contributed by atoms with Crippen LogP contribution < -0.4 is 19.9 Å². The summed E-state index contributed by atoms with van der Waals surface area (Å²) in [6.45, 7) is 6.61. The molecule has 0 radical (unpaired) electrons. The van der Waals surface area contributed by atoms with Crippen LogP contribution in [0.25, 0.3) is 10.9 Å². The summed E-state index contributed by atoms with van der Waals surface area (Å²) in [5.41, 5.74) is 6.61. The zero-order chi connectivity index (χ0) is 29.4. The Bertz CT molecular complexity index is 1580. The van der Waals surface area contributed by atoms with Crippen LogP contribution in [0.5, 0.6) is 23.0 Å². The number of anilines is 1. The second kappa shape index (κ2) is 13.6. The second-order valence-electron chi connectivity index (χ2n) is 9.09. The van der Waals surface area contributed by atoms with Crippen molar-refractivity contribution in [2.24, 2.45) is 0 Å². The number of aromatic nitrogens is 3. The van der Waals surface area contributed by atoms with Gasteiger partial charge < -0.3 is 29.7 Å². The molecule has 0 amide bonds. The van der Waals surface area contributed by atoms with Gasteiger partial charge >= 0.3 is 10.1 Å². The highest BCUT2D eigenvalue weighted by Gasteiger charge is 2.15. The fourth-order valence-electron chi connectivity index (χ4n) is 4.03. The molecule has 4 aromatic rings. The number of nitrogen functional groups attached to an aromatic ring is 1. The monoisotopic (exact) mass is 589 g/mol. The number of fused-ring (bicyclic) bond motifs is 1. The Morgan fingerprint density at radius 2 is 1.88 bits per heavy atom. The molecule has 0 bridgehead atoms. The van der Waals surface area contributed by atoms with E-state index in [0.29, 0.717) is 46.3 Å². The van der Waals surface area contributed by atoms with E-state index in [1.54, 1.807) is 38.4 Å². The lowest BCUT2D eigenvalue weighted by molar-refractivity contribution is 0.0357. The van der Waals surface area contributed by atoms with Crippen LogP contribution in [0.4, 0.5) is 10.1 Å². The number of hydrogen-bond acceptors (Lipinski definition) is 10. The summed E-state index contributed by atoms with van der Waals surface area (Å²) in [5.74, 6) is 1.65. The van der Waals surface area contributed by atoms with E-state index in [9.17, 15) is 12.8 Å². The van der Waals surface area contributed by atoms with Crippen molar-refractivity contribution in [1.82, 2.24) is 19.9 Å². The summed E-state index contributed by atoms with van der Waals surface area (Å²) in [6.07, 6.45) is 3.57. The van der Waals surface area contributed by atoms with Gasteiger partial charge in [0, 0.05) is 49.0 Å². The number of benzene rings is 2. The maximum atomic E-state index is 14.2. The molecule has 0 spiro atoms. The van der Waals surface area contributed by atoms with E-state index in [-0.39, 0.29) is 10.8 Å². The first kappa shape index (κ1) is 30.0. The molecule has 12 nitrogen and oxygen atoms in total. The molecule has 1 aliphatic heterocycles. The van der Waals surface area contributed by atoms with Crippen molar-refractivity contribution in [1.29, 1.82) is 0 Å². The first-order valence-corrected chi connectivity index (χ1v) is 14.2. The number of methoxy groups -OCH3 is 1. The summed E-state index contributed by atoms with van der Waals surface area (Å²) < 4.78 is 65.9. The molecule has 2 aromatic carbocycles. The van der Waals surface area contributed by atoms with Gasteiger partial charge in [-0.15, -0.1) is 0 Å². The molecule has 14 heteroatoms. The maximum Gasteiger partial charge on any atom is 0.311 e. The van der Waals surface area contributed by atoms with Gasteiger partial charge in [0.1, 0.15) is 11.6 Å². The number of ether oxygens (including phenoxy) is 4. The number of nitrogens with two attached hydrogens (primary N) is 1. The molecule has 0 saturated carbocycles. The van der Waals surface area contributed by atoms with E-state index in [2.05, 4.69) is 19.9 Å². The van der Waals surface area contributed by atoms with Gasteiger partial charge in [-0.2, -0.15) is 8.42 Å². The Morgan fingerprint density at radius 1 is 1.10 bits per heavy atom. The number of halogens is 1. The van der Waals surface area contributed by atoms with Crippen LogP contribution in [0.2, 0.25) is 0 Å². The van der Waals surface area contributed by atoms with E-state index in [1.165, 1.54) is 12.1 Å². The molecule has 3 heterocycles. The summed E-state index contributed by atoms with van der Waals surface area (Å²) >= 11 is 0. The van der Waals surface area contributed by atoms with E-state index in [0.717, 1.165) is 45.5 Å². The quantitative estimate of drug-likeness (QED) is 0.148. The van der Waals surface area contributed by atoms with Crippen LogP contribution >= 0.6 is 0 Å². The van der Waals surface area contributed by atoms with Crippen LogP contribution in [0.15, 0.2) is 53.8 Å². The van der Waals surface area contributed by atoms with Crippen molar-refractivity contribution in [3.8, 4) is 23.0 Å². The van der Waals surface area contributed by atoms with Gasteiger partial charge in [-0.1, -0.05) is 0 Å². The van der Waals surface area contributed by atoms with Crippen molar-refractivity contribution >= 4 is 26.7 Å². The smallest absolute Gasteiger partial charge is 0.311 e. The van der Waals surface area contributed by atoms with Crippen LogP contribution in [0.1, 0.15) is 12.2 Å². The van der Waals surface area contributed by atoms with Crippen LogP contribution in [-0.4, -0.2) is 79.4 Å². The van der Waals surface area contributed by atoms with Crippen molar-refractivity contribution < 1.29 is 36.3 Å². The molecular weight excluding hydrogens is 557 g/mol. The molecule has 220 valence electrons. The molecule has 41 heavy (non-hydrogen) atoms. The topological polar surface area (TPSA) is 162 Å². The number of rotatable bonds is 9. The molecule has 1 fully saturated rings. The van der Waals surface area contributed by atoms with Gasteiger partial charge in [0.2, 0.25) is 0 Å². The number of nitrogens with zero attached hydrogens (tertiary/aromatic N) is 3. The minimum Gasteiger partial charge on any atom is -0.493 e. The lowest BCUT2D eigenvalue weighted by atomic mass is 10.1. The zero-order valence-corrected chi connectivity index (χ0v) is 23.5. The average Bonchev–Trinajstić information content (AvgIpc) is 3.40. The Labute approximate surface area is 237 Å². The first-order chi connectivity index (χ1) is 19.6. The molecular formula is C27H32FN5O7S. The van der Waals surface area contributed by atoms with Crippen molar-refractivity contribution in [3.63, 3.8) is 0 Å². The maximum absolute atomic E-state index is 14.2.